The molecule has 2 saturated heterocycles. The Kier molecular flexibility index (Phi) is 6.63. The van der Waals surface area contributed by atoms with Crippen LogP contribution in [0.15, 0.2) is 42.9 Å². The van der Waals surface area contributed by atoms with Gasteiger partial charge >= 0.3 is 0 Å². The van der Waals surface area contributed by atoms with E-state index in [1.54, 1.807) is 35.6 Å². The summed E-state index contributed by atoms with van der Waals surface area (Å²) in [7, 11) is -3.18. The van der Waals surface area contributed by atoms with Crippen LogP contribution in [0, 0.1) is 0 Å². The maximum absolute atomic E-state index is 13.3. The highest BCUT2D eigenvalue weighted by atomic mass is 32.2. The molecule has 1 unspecified atom stereocenters. The minimum absolute atomic E-state index is 0.105. The number of nitrogens with zero attached hydrogens (tertiary/aromatic N) is 4. The van der Waals surface area contributed by atoms with Crippen LogP contribution in [-0.2, 0) is 21.4 Å². The third-order valence-corrected chi connectivity index (χ3v) is 9.16. The van der Waals surface area contributed by atoms with Crippen molar-refractivity contribution in [2.24, 2.45) is 0 Å². The summed E-state index contributed by atoms with van der Waals surface area (Å²) in [5.74, 6) is -1.25. The SMILES string of the molecule is C=C1CCC(N2C(=O)c3cccc(NCc4cnn(C5CCN(S(=O)(=O)CC)CC5)c4)c3C2=O)C(=O)N1. The molecular weight excluding hydrogens is 496 g/mol. The molecule has 196 valence electrons. The monoisotopic (exact) mass is 526 g/mol. The molecule has 3 amide bonds. The lowest BCUT2D eigenvalue weighted by Crippen LogP contribution is -2.51. The third-order valence-electron chi connectivity index (χ3n) is 7.27. The van der Waals surface area contributed by atoms with Gasteiger partial charge in [0, 0.05) is 42.8 Å². The van der Waals surface area contributed by atoms with Gasteiger partial charge in [-0.2, -0.15) is 5.10 Å². The fourth-order valence-corrected chi connectivity index (χ4v) is 6.31. The highest BCUT2D eigenvalue weighted by Gasteiger charge is 2.45. The van der Waals surface area contributed by atoms with Crippen molar-refractivity contribution in [2.45, 2.75) is 51.2 Å². The van der Waals surface area contributed by atoms with Gasteiger partial charge in [0.1, 0.15) is 6.04 Å². The lowest BCUT2D eigenvalue weighted by atomic mass is 10.0. The molecule has 2 fully saturated rings. The van der Waals surface area contributed by atoms with Crippen molar-refractivity contribution in [2.75, 3.05) is 24.2 Å². The van der Waals surface area contributed by atoms with Crippen molar-refractivity contribution >= 4 is 33.4 Å². The molecule has 0 aliphatic carbocycles. The first-order valence-electron chi connectivity index (χ1n) is 12.4. The van der Waals surface area contributed by atoms with Crippen molar-refractivity contribution in [3.05, 3.63) is 59.6 Å². The van der Waals surface area contributed by atoms with Gasteiger partial charge in [0.2, 0.25) is 15.9 Å². The second kappa shape index (κ2) is 9.75. The topological polar surface area (TPSA) is 134 Å². The Morgan fingerprint density at radius 1 is 1.14 bits per heavy atom. The Morgan fingerprint density at radius 2 is 1.89 bits per heavy atom. The predicted octanol–water partition coefficient (Wildman–Crippen LogP) is 1.87. The Balaban J connectivity index is 1.26. The number of imide groups is 1. The minimum Gasteiger partial charge on any atom is -0.380 e. The zero-order valence-corrected chi connectivity index (χ0v) is 21.5. The van der Waals surface area contributed by atoms with E-state index in [4.69, 9.17) is 0 Å². The quantitative estimate of drug-likeness (QED) is 0.526. The van der Waals surface area contributed by atoms with Crippen molar-refractivity contribution in [1.29, 1.82) is 0 Å². The number of aromatic nitrogens is 2. The molecule has 3 aliphatic rings. The van der Waals surface area contributed by atoms with E-state index in [2.05, 4.69) is 22.3 Å². The number of sulfonamides is 1. The van der Waals surface area contributed by atoms with Crippen molar-refractivity contribution in [3.63, 3.8) is 0 Å². The lowest BCUT2D eigenvalue weighted by molar-refractivity contribution is -0.125. The van der Waals surface area contributed by atoms with Gasteiger partial charge in [-0.3, -0.25) is 24.0 Å². The van der Waals surface area contributed by atoms with Gasteiger partial charge in [0.05, 0.1) is 29.1 Å². The number of benzene rings is 1. The number of carbonyl (C=O) groups is 3. The summed E-state index contributed by atoms with van der Waals surface area (Å²) in [5.41, 5.74) is 2.53. The Labute approximate surface area is 215 Å². The van der Waals surface area contributed by atoms with Gasteiger partial charge in [-0.05, 0) is 44.7 Å². The molecule has 4 heterocycles. The van der Waals surface area contributed by atoms with E-state index in [9.17, 15) is 22.8 Å². The number of nitrogens with one attached hydrogen (secondary N) is 2. The van der Waals surface area contributed by atoms with Crippen LogP contribution < -0.4 is 10.6 Å². The molecule has 5 rings (SSSR count). The van der Waals surface area contributed by atoms with Crippen LogP contribution in [0.3, 0.4) is 0 Å². The van der Waals surface area contributed by atoms with E-state index < -0.39 is 33.8 Å². The number of fused-ring (bicyclic) bond motifs is 1. The highest BCUT2D eigenvalue weighted by Crippen LogP contribution is 2.33. The first kappa shape index (κ1) is 25.2. The summed E-state index contributed by atoms with van der Waals surface area (Å²) in [6.45, 7) is 6.74. The smallest absolute Gasteiger partial charge is 0.264 e. The molecular formula is C25H30N6O5S. The zero-order chi connectivity index (χ0) is 26.3. The average Bonchev–Trinajstić information content (AvgIpc) is 3.46. The fourth-order valence-electron chi connectivity index (χ4n) is 5.18. The largest absolute Gasteiger partial charge is 0.380 e. The molecule has 1 atom stereocenters. The summed E-state index contributed by atoms with van der Waals surface area (Å²) in [5, 5.41) is 10.4. The number of amides is 3. The highest BCUT2D eigenvalue weighted by molar-refractivity contribution is 7.89. The van der Waals surface area contributed by atoms with Crippen LogP contribution in [-0.4, -0.2) is 70.0 Å². The molecule has 2 aromatic rings. The zero-order valence-electron chi connectivity index (χ0n) is 20.6. The van der Waals surface area contributed by atoms with Gasteiger partial charge in [-0.15, -0.1) is 0 Å². The number of anilines is 1. The first-order chi connectivity index (χ1) is 17.7. The van der Waals surface area contributed by atoms with Crippen LogP contribution in [0.4, 0.5) is 5.69 Å². The second-order valence-electron chi connectivity index (χ2n) is 9.57. The summed E-state index contributed by atoms with van der Waals surface area (Å²) in [6, 6.07) is 4.31. The number of piperidine rings is 2. The molecule has 11 nitrogen and oxygen atoms in total. The normalized spacial score (nSPS) is 21.3. The van der Waals surface area contributed by atoms with E-state index in [0.717, 1.165) is 10.5 Å². The number of rotatable bonds is 7. The van der Waals surface area contributed by atoms with Crippen LogP contribution in [0.5, 0.6) is 0 Å². The third kappa shape index (κ3) is 4.66. The molecule has 0 spiro atoms. The molecule has 0 bridgehead atoms. The first-order valence-corrected chi connectivity index (χ1v) is 14.0. The predicted molar refractivity (Wildman–Crippen MR) is 136 cm³/mol. The molecule has 2 N–H and O–H groups in total. The summed E-state index contributed by atoms with van der Waals surface area (Å²) in [4.78, 5) is 39.9. The Hall–Kier alpha value is -3.51. The van der Waals surface area contributed by atoms with E-state index in [1.807, 2.05) is 10.9 Å². The van der Waals surface area contributed by atoms with Crippen LogP contribution in [0.1, 0.15) is 64.9 Å². The molecule has 37 heavy (non-hydrogen) atoms. The lowest BCUT2D eigenvalue weighted by Gasteiger charge is -2.31. The minimum atomic E-state index is -3.18. The van der Waals surface area contributed by atoms with Crippen LogP contribution in [0.25, 0.3) is 0 Å². The van der Waals surface area contributed by atoms with Crippen LogP contribution in [0.2, 0.25) is 0 Å². The van der Waals surface area contributed by atoms with E-state index in [-0.39, 0.29) is 22.9 Å². The van der Waals surface area contributed by atoms with Gasteiger partial charge in [-0.25, -0.2) is 12.7 Å². The van der Waals surface area contributed by atoms with E-state index in [0.29, 0.717) is 56.7 Å². The van der Waals surface area contributed by atoms with Gasteiger partial charge in [0.15, 0.2) is 0 Å². The summed E-state index contributed by atoms with van der Waals surface area (Å²) >= 11 is 0. The molecule has 1 aromatic carbocycles. The molecule has 1 aromatic heterocycles. The molecule has 0 radical (unpaired) electrons. The van der Waals surface area contributed by atoms with E-state index >= 15 is 0 Å². The maximum atomic E-state index is 13.3. The molecule has 0 saturated carbocycles. The number of hydrogen-bond donors (Lipinski definition) is 2. The van der Waals surface area contributed by atoms with Gasteiger partial charge in [-0.1, -0.05) is 12.6 Å². The number of carbonyl (C=O) groups excluding carboxylic acids is 3. The van der Waals surface area contributed by atoms with Gasteiger partial charge in [0.25, 0.3) is 11.8 Å². The maximum Gasteiger partial charge on any atom is 0.264 e. The number of allylic oxidation sites excluding steroid dienone is 1. The molecule has 3 aliphatic heterocycles. The Morgan fingerprint density at radius 3 is 2.59 bits per heavy atom. The van der Waals surface area contributed by atoms with Crippen molar-refractivity contribution < 1.29 is 22.8 Å². The van der Waals surface area contributed by atoms with Crippen LogP contribution >= 0.6 is 0 Å². The standard InChI is InChI=1S/C25H30N6O5S/c1-3-37(35,36)29-11-9-18(10-12-29)30-15-17(14-27-30)13-26-20-6-4-5-19-22(20)25(34)31(24(19)33)21-8-7-16(2)28-23(21)32/h4-6,14-15,18,21,26H,2-3,7-13H2,1H3,(H,28,32). The summed E-state index contributed by atoms with van der Waals surface area (Å²) < 4.78 is 27.6. The molecule has 12 heteroatoms. The second-order valence-corrected chi connectivity index (χ2v) is 11.8. The summed E-state index contributed by atoms with van der Waals surface area (Å²) in [6.07, 6.45) is 5.89. The number of hydrogen-bond acceptors (Lipinski definition) is 7. The van der Waals surface area contributed by atoms with Crippen molar-refractivity contribution in [1.82, 2.24) is 24.3 Å². The fraction of sp³-hybridized carbons (Fsp3) is 0.440. The average molecular weight is 527 g/mol. The van der Waals surface area contributed by atoms with E-state index in [1.165, 1.54) is 0 Å². The van der Waals surface area contributed by atoms with Gasteiger partial charge < -0.3 is 10.6 Å². The Bertz CT molecular complexity index is 1380. The van der Waals surface area contributed by atoms with Crippen molar-refractivity contribution in [3.8, 4) is 0 Å².